The molecule has 0 spiro atoms. The molecule has 3 N–H and O–H groups in total. The molecular weight excluding hydrogens is 280 g/mol. The van der Waals surface area contributed by atoms with Gasteiger partial charge in [-0.05, 0) is 37.9 Å². The average Bonchev–Trinajstić information content (AvgIpc) is 2.53. The number of hydrogen-bond acceptors (Lipinski definition) is 4. The molecule has 0 radical (unpaired) electrons. The Balaban J connectivity index is 2.48. The first-order valence-electron chi connectivity index (χ1n) is 6.33. The second-order valence-electron chi connectivity index (χ2n) is 5.73. The minimum atomic E-state index is -0.358. The Labute approximate surface area is 123 Å². The molecule has 1 rings (SSSR count). The zero-order chi connectivity index (χ0) is 14.6. The molecule has 0 fully saturated rings. The summed E-state index contributed by atoms with van der Waals surface area (Å²) in [4.78, 5) is 15.9. The number of hydrogen-bond donors (Lipinski definition) is 3. The van der Waals surface area contributed by atoms with Crippen LogP contribution in [-0.4, -0.2) is 28.6 Å². The second-order valence-corrected chi connectivity index (χ2v) is 7.51. The lowest BCUT2D eigenvalue weighted by Crippen LogP contribution is -2.36. The van der Waals surface area contributed by atoms with Gasteiger partial charge in [0.2, 0.25) is 5.91 Å². The zero-order valence-electron chi connectivity index (χ0n) is 11.9. The number of aliphatic hydroxyl groups is 1. The number of nitrogens with one attached hydrogen (secondary N) is 2. The Morgan fingerprint density at radius 1 is 1.58 bits per heavy atom. The maximum absolute atomic E-state index is 11.9. The van der Waals surface area contributed by atoms with Gasteiger partial charge in [-0.25, -0.2) is 0 Å². The molecule has 1 heterocycles. The summed E-state index contributed by atoms with van der Waals surface area (Å²) in [6.07, 6.45) is 0.660. The van der Waals surface area contributed by atoms with Gasteiger partial charge in [0.1, 0.15) is 0 Å². The summed E-state index contributed by atoms with van der Waals surface area (Å²) in [5, 5.41) is 12.3. The van der Waals surface area contributed by atoms with Crippen LogP contribution >= 0.6 is 23.6 Å². The van der Waals surface area contributed by atoms with Gasteiger partial charge in [0.25, 0.3) is 0 Å². The van der Waals surface area contributed by atoms with Gasteiger partial charge in [0.05, 0.1) is 12.5 Å². The van der Waals surface area contributed by atoms with E-state index in [0.717, 1.165) is 10.6 Å². The number of aromatic amines is 1. The summed E-state index contributed by atoms with van der Waals surface area (Å²) in [5.74, 6) is -0.00739. The van der Waals surface area contributed by atoms with E-state index < -0.39 is 0 Å². The van der Waals surface area contributed by atoms with E-state index in [-0.39, 0.29) is 17.4 Å². The molecule has 0 aromatic carbocycles. The van der Waals surface area contributed by atoms with E-state index in [1.807, 2.05) is 20.8 Å². The lowest BCUT2D eigenvalue weighted by Gasteiger charge is -2.26. The monoisotopic (exact) mass is 302 g/mol. The molecule has 0 aliphatic heterocycles. The minimum absolute atomic E-state index is 0.00739. The van der Waals surface area contributed by atoms with Gasteiger partial charge < -0.3 is 15.4 Å². The largest absolute Gasteiger partial charge is 0.393 e. The molecule has 1 aromatic rings. The van der Waals surface area contributed by atoms with Gasteiger partial charge in [-0.1, -0.05) is 13.8 Å². The SMILES string of the molecule is Cc1[nH]c(=S)sc1CC(=O)NCC(C)(C)CC(C)O. The molecule has 1 atom stereocenters. The molecule has 0 aliphatic carbocycles. The lowest BCUT2D eigenvalue weighted by atomic mass is 9.87. The van der Waals surface area contributed by atoms with Crippen molar-refractivity contribution in [2.45, 2.75) is 46.6 Å². The molecule has 0 saturated carbocycles. The summed E-state index contributed by atoms with van der Waals surface area (Å²) in [6.45, 7) is 8.31. The lowest BCUT2D eigenvalue weighted by molar-refractivity contribution is -0.120. The average molecular weight is 302 g/mol. The third-order valence-electron chi connectivity index (χ3n) is 2.86. The molecular formula is C13H22N2O2S2. The first-order valence-corrected chi connectivity index (χ1v) is 7.55. The summed E-state index contributed by atoms with van der Waals surface area (Å²) in [5.41, 5.74) is 0.859. The van der Waals surface area contributed by atoms with Crippen molar-refractivity contribution >= 4 is 29.5 Å². The summed E-state index contributed by atoms with van der Waals surface area (Å²) in [6, 6.07) is 0. The van der Waals surface area contributed by atoms with E-state index in [1.54, 1.807) is 6.92 Å². The van der Waals surface area contributed by atoms with E-state index in [0.29, 0.717) is 23.3 Å². The maximum Gasteiger partial charge on any atom is 0.225 e. The van der Waals surface area contributed by atoms with E-state index in [1.165, 1.54) is 11.3 Å². The number of amides is 1. The van der Waals surface area contributed by atoms with Crippen LogP contribution in [0, 0.1) is 16.3 Å². The van der Waals surface area contributed by atoms with E-state index in [9.17, 15) is 9.90 Å². The first kappa shape index (κ1) is 16.3. The summed E-state index contributed by atoms with van der Waals surface area (Å²) in [7, 11) is 0. The van der Waals surface area contributed by atoms with Crippen LogP contribution in [0.4, 0.5) is 0 Å². The van der Waals surface area contributed by atoms with Crippen LogP contribution in [0.5, 0.6) is 0 Å². The molecule has 1 unspecified atom stereocenters. The van der Waals surface area contributed by atoms with E-state index >= 15 is 0 Å². The quantitative estimate of drug-likeness (QED) is 0.708. The Hall–Kier alpha value is -0.720. The molecule has 0 bridgehead atoms. The topological polar surface area (TPSA) is 65.1 Å². The molecule has 1 aromatic heterocycles. The minimum Gasteiger partial charge on any atom is -0.393 e. The molecule has 0 saturated heterocycles. The Kier molecular flexibility index (Phi) is 5.70. The van der Waals surface area contributed by atoms with Crippen molar-refractivity contribution < 1.29 is 9.90 Å². The standard InChI is InChI=1S/C13H22N2O2S2/c1-8(16)6-13(3,4)7-14-11(17)5-10-9(2)15-12(18)19-10/h8,16H,5-7H2,1-4H3,(H,14,17)(H,15,18). The van der Waals surface area contributed by atoms with Gasteiger partial charge in [-0.2, -0.15) is 0 Å². The molecule has 6 heteroatoms. The molecule has 0 aliphatic rings. The van der Waals surface area contributed by atoms with Crippen LogP contribution in [0.1, 0.15) is 37.8 Å². The Morgan fingerprint density at radius 2 is 2.21 bits per heavy atom. The van der Waals surface area contributed by atoms with Crippen molar-refractivity contribution in [2.75, 3.05) is 6.54 Å². The number of rotatable bonds is 6. The summed E-state index contributed by atoms with van der Waals surface area (Å²) >= 11 is 6.49. The van der Waals surface area contributed by atoms with Crippen molar-refractivity contribution in [2.24, 2.45) is 5.41 Å². The fourth-order valence-electron chi connectivity index (χ4n) is 2.02. The highest BCUT2D eigenvalue weighted by atomic mass is 32.1. The van der Waals surface area contributed by atoms with Crippen LogP contribution in [-0.2, 0) is 11.2 Å². The number of aryl methyl sites for hydroxylation is 1. The van der Waals surface area contributed by atoms with Gasteiger partial charge in [0, 0.05) is 17.1 Å². The predicted molar refractivity (Wildman–Crippen MR) is 81.0 cm³/mol. The fourth-order valence-corrected chi connectivity index (χ4v) is 3.31. The molecule has 19 heavy (non-hydrogen) atoms. The number of carbonyl (C=O) groups is 1. The van der Waals surface area contributed by atoms with Crippen LogP contribution < -0.4 is 5.32 Å². The normalized spacial score (nSPS) is 13.3. The highest BCUT2D eigenvalue weighted by Gasteiger charge is 2.21. The van der Waals surface area contributed by atoms with Crippen LogP contribution in [0.3, 0.4) is 0 Å². The maximum atomic E-state index is 11.9. The van der Waals surface area contributed by atoms with E-state index in [4.69, 9.17) is 12.2 Å². The number of thiazole rings is 1. The Bertz CT molecular complexity index is 489. The zero-order valence-corrected chi connectivity index (χ0v) is 13.5. The third-order valence-corrected chi connectivity index (χ3v) is 4.19. The van der Waals surface area contributed by atoms with Crippen LogP contribution in [0.2, 0.25) is 0 Å². The molecule has 1 amide bonds. The van der Waals surface area contributed by atoms with Crippen molar-refractivity contribution in [3.63, 3.8) is 0 Å². The second kappa shape index (κ2) is 6.63. The third kappa shape index (κ3) is 5.84. The van der Waals surface area contributed by atoms with Crippen molar-refractivity contribution in [1.82, 2.24) is 10.3 Å². The Morgan fingerprint density at radius 3 is 2.68 bits per heavy atom. The van der Waals surface area contributed by atoms with Crippen molar-refractivity contribution in [1.29, 1.82) is 0 Å². The van der Waals surface area contributed by atoms with E-state index in [2.05, 4.69) is 10.3 Å². The number of H-pyrrole nitrogens is 1. The number of aromatic nitrogens is 1. The summed E-state index contributed by atoms with van der Waals surface area (Å²) < 4.78 is 0.703. The van der Waals surface area contributed by atoms with Crippen molar-refractivity contribution in [3.05, 3.63) is 14.5 Å². The van der Waals surface area contributed by atoms with Gasteiger partial charge in [-0.15, -0.1) is 11.3 Å². The van der Waals surface area contributed by atoms with Crippen molar-refractivity contribution in [3.8, 4) is 0 Å². The number of carbonyl (C=O) groups excluding carboxylic acids is 1. The predicted octanol–water partition coefficient (Wildman–Crippen LogP) is 2.57. The highest BCUT2D eigenvalue weighted by Crippen LogP contribution is 2.21. The number of aliphatic hydroxyl groups excluding tert-OH is 1. The van der Waals surface area contributed by atoms with Gasteiger partial charge in [0.15, 0.2) is 3.95 Å². The molecule has 4 nitrogen and oxygen atoms in total. The van der Waals surface area contributed by atoms with Gasteiger partial charge >= 0.3 is 0 Å². The van der Waals surface area contributed by atoms with Crippen LogP contribution in [0.25, 0.3) is 0 Å². The first-order chi connectivity index (χ1) is 8.69. The molecule has 108 valence electrons. The fraction of sp³-hybridized carbons (Fsp3) is 0.692. The highest BCUT2D eigenvalue weighted by molar-refractivity contribution is 7.73. The van der Waals surface area contributed by atoms with Crippen LogP contribution in [0.15, 0.2) is 0 Å². The van der Waals surface area contributed by atoms with Gasteiger partial charge in [-0.3, -0.25) is 4.79 Å². The smallest absolute Gasteiger partial charge is 0.225 e.